The van der Waals surface area contributed by atoms with Gasteiger partial charge in [0.1, 0.15) is 6.04 Å². The lowest BCUT2D eigenvalue weighted by molar-refractivity contribution is -0.121. The van der Waals surface area contributed by atoms with E-state index in [-0.39, 0.29) is 11.9 Å². The van der Waals surface area contributed by atoms with Crippen molar-refractivity contribution in [2.75, 3.05) is 0 Å². The van der Waals surface area contributed by atoms with Crippen LogP contribution < -0.4 is 5.32 Å². The highest BCUT2D eigenvalue weighted by Crippen LogP contribution is 2.37. The molecule has 0 radical (unpaired) electrons. The summed E-state index contributed by atoms with van der Waals surface area (Å²) in [6, 6.07) is 15.0. The molecule has 4 rings (SSSR count). The van der Waals surface area contributed by atoms with Crippen LogP contribution in [0.15, 0.2) is 53.5 Å². The van der Waals surface area contributed by atoms with Gasteiger partial charge in [0, 0.05) is 10.6 Å². The lowest BCUT2D eigenvalue weighted by Gasteiger charge is -2.28. The van der Waals surface area contributed by atoms with E-state index in [1.807, 2.05) is 53.4 Å². The van der Waals surface area contributed by atoms with Crippen LogP contribution in [0.4, 0.5) is 5.69 Å². The number of carbonyl (C=O) groups excluding carboxylic acids is 1. The topological polar surface area (TPSA) is 44.7 Å². The number of halogens is 1. The highest BCUT2D eigenvalue weighted by Gasteiger charge is 2.40. The molecule has 2 aromatic carbocycles. The summed E-state index contributed by atoms with van der Waals surface area (Å²) in [5.74, 6) is 0.549. The Balaban J connectivity index is 1.80. The number of hydrogen-bond donors (Lipinski definition) is 1. The molecule has 1 fully saturated rings. The van der Waals surface area contributed by atoms with Crippen molar-refractivity contribution < 1.29 is 4.79 Å². The third-order valence-corrected chi connectivity index (χ3v) is 4.19. The van der Waals surface area contributed by atoms with Gasteiger partial charge in [0.2, 0.25) is 5.96 Å². The monoisotopic (exact) mass is 297 g/mol. The van der Waals surface area contributed by atoms with Crippen LogP contribution in [0.3, 0.4) is 0 Å². The summed E-state index contributed by atoms with van der Waals surface area (Å²) >= 11 is 6.26. The number of aliphatic imine (C=N–C) groups is 1. The van der Waals surface area contributed by atoms with Crippen molar-refractivity contribution in [1.29, 1.82) is 0 Å². The van der Waals surface area contributed by atoms with Crippen molar-refractivity contribution >= 4 is 29.2 Å². The Hall–Kier alpha value is -2.33. The van der Waals surface area contributed by atoms with Gasteiger partial charge in [-0.25, -0.2) is 4.99 Å². The van der Waals surface area contributed by atoms with Gasteiger partial charge in [-0.3, -0.25) is 10.1 Å². The maximum Gasteiger partial charge on any atom is 0.254 e. The summed E-state index contributed by atoms with van der Waals surface area (Å²) in [5.41, 5.74) is 2.74. The summed E-state index contributed by atoms with van der Waals surface area (Å²) in [7, 11) is 0. The molecular formula is C16H12ClN3O. The molecule has 0 bridgehead atoms. The van der Waals surface area contributed by atoms with E-state index in [0.29, 0.717) is 17.5 Å². The van der Waals surface area contributed by atoms with E-state index in [2.05, 4.69) is 10.3 Å². The fourth-order valence-electron chi connectivity index (χ4n) is 2.83. The molecule has 5 heteroatoms. The molecule has 104 valence electrons. The van der Waals surface area contributed by atoms with Gasteiger partial charge in [0.15, 0.2) is 0 Å². The number of nitrogens with one attached hydrogen (secondary N) is 1. The summed E-state index contributed by atoms with van der Waals surface area (Å²) in [4.78, 5) is 18.8. The Kier molecular flexibility index (Phi) is 2.72. The zero-order valence-corrected chi connectivity index (χ0v) is 11.8. The van der Waals surface area contributed by atoms with Crippen LogP contribution in [0.25, 0.3) is 0 Å². The van der Waals surface area contributed by atoms with Crippen LogP contribution in [0, 0.1) is 0 Å². The van der Waals surface area contributed by atoms with E-state index >= 15 is 0 Å². The molecule has 1 saturated heterocycles. The van der Waals surface area contributed by atoms with Gasteiger partial charge in [0.25, 0.3) is 5.91 Å². The molecule has 1 N–H and O–H groups in total. The number of amides is 1. The standard InChI is InChI=1S/C16H12ClN3O/c17-12-7-4-8-13-11(12)9-20-14(10-5-2-1-3-6-10)15(21)19-16(20)18-13/h1-8,14H,9H2,(H,18,19,21)/t14-/m0/s1. The largest absolute Gasteiger partial charge is 0.322 e. The molecule has 2 heterocycles. The number of nitrogens with zero attached hydrogens (tertiary/aromatic N) is 2. The lowest BCUT2D eigenvalue weighted by atomic mass is 10.0. The predicted octanol–water partition coefficient (Wildman–Crippen LogP) is 3.01. The Morgan fingerprint density at radius 3 is 2.76 bits per heavy atom. The summed E-state index contributed by atoms with van der Waals surface area (Å²) in [6.45, 7) is 0.576. The number of fused-ring (bicyclic) bond motifs is 2. The minimum atomic E-state index is -0.352. The van der Waals surface area contributed by atoms with Crippen molar-refractivity contribution in [3.8, 4) is 0 Å². The first-order chi connectivity index (χ1) is 10.2. The minimum absolute atomic E-state index is 0.0520. The molecule has 2 aliphatic rings. The molecule has 0 spiro atoms. The first-order valence-corrected chi connectivity index (χ1v) is 7.10. The number of benzene rings is 2. The molecule has 4 nitrogen and oxygen atoms in total. The smallest absolute Gasteiger partial charge is 0.254 e. The average molecular weight is 298 g/mol. The van der Waals surface area contributed by atoms with E-state index < -0.39 is 0 Å². The number of rotatable bonds is 1. The SMILES string of the molecule is O=C1NC2=Nc3cccc(Cl)c3CN2[C@H]1c1ccccc1. The summed E-state index contributed by atoms with van der Waals surface area (Å²) in [6.07, 6.45) is 0. The quantitative estimate of drug-likeness (QED) is 0.879. The number of carbonyl (C=O) groups is 1. The molecule has 1 atom stereocenters. The Bertz CT molecular complexity index is 757. The van der Waals surface area contributed by atoms with Crippen molar-refractivity contribution in [2.24, 2.45) is 4.99 Å². The number of hydrogen-bond acceptors (Lipinski definition) is 3. The van der Waals surface area contributed by atoms with Gasteiger partial charge in [0.05, 0.1) is 12.2 Å². The van der Waals surface area contributed by atoms with Crippen molar-refractivity contribution in [3.05, 3.63) is 64.7 Å². The second kappa shape index (κ2) is 4.60. The summed E-state index contributed by atoms with van der Waals surface area (Å²) < 4.78 is 0. The van der Waals surface area contributed by atoms with Crippen molar-refractivity contribution in [3.63, 3.8) is 0 Å². The zero-order valence-electron chi connectivity index (χ0n) is 11.1. The molecule has 0 aliphatic carbocycles. The van der Waals surface area contributed by atoms with Gasteiger partial charge in [-0.2, -0.15) is 0 Å². The van der Waals surface area contributed by atoms with Gasteiger partial charge in [-0.15, -0.1) is 0 Å². The zero-order chi connectivity index (χ0) is 14.4. The molecule has 2 aromatic rings. The van der Waals surface area contributed by atoms with Gasteiger partial charge in [-0.05, 0) is 17.7 Å². The van der Waals surface area contributed by atoms with E-state index in [4.69, 9.17) is 11.6 Å². The van der Waals surface area contributed by atoms with Gasteiger partial charge >= 0.3 is 0 Å². The third kappa shape index (κ3) is 1.91. The molecule has 1 amide bonds. The van der Waals surface area contributed by atoms with Gasteiger partial charge in [-0.1, -0.05) is 48.0 Å². The second-order valence-electron chi connectivity index (χ2n) is 5.10. The molecule has 2 aliphatic heterocycles. The predicted molar refractivity (Wildman–Crippen MR) is 81.4 cm³/mol. The Labute approximate surface area is 127 Å². The fraction of sp³-hybridized carbons (Fsp3) is 0.125. The van der Waals surface area contributed by atoms with Gasteiger partial charge < -0.3 is 4.90 Å². The van der Waals surface area contributed by atoms with E-state index in [1.54, 1.807) is 0 Å². The van der Waals surface area contributed by atoms with Crippen LogP contribution in [-0.2, 0) is 11.3 Å². The Morgan fingerprint density at radius 2 is 1.95 bits per heavy atom. The lowest BCUT2D eigenvalue weighted by Crippen LogP contribution is -2.33. The van der Waals surface area contributed by atoms with E-state index in [1.165, 1.54) is 0 Å². The third-order valence-electron chi connectivity index (χ3n) is 3.83. The first-order valence-electron chi connectivity index (χ1n) is 6.72. The number of guanidine groups is 1. The van der Waals surface area contributed by atoms with E-state index in [0.717, 1.165) is 16.8 Å². The normalized spacial score (nSPS) is 19.7. The highest BCUT2D eigenvalue weighted by atomic mass is 35.5. The van der Waals surface area contributed by atoms with Crippen LogP contribution in [0.1, 0.15) is 17.2 Å². The molecule has 0 aromatic heterocycles. The van der Waals surface area contributed by atoms with Crippen molar-refractivity contribution in [1.82, 2.24) is 10.2 Å². The maximum atomic E-state index is 12.3. The maximum absolute atomic E-state index is 12.3. The average Bonchev–Trinajstić information content (AvgIpc) is 2.81. The fourth-order valence-corrected chi connectivity index (χ4v) is 3.06. The van der Waals surface area contributed by atoms with Crippen molar-refractivity contribution in [2.45, 2.75) is 12.6 Å². The molecule has 21 heavy (non-hydrogen) atoms. The van der Waals surface area contributed by atoms with Crippen LogP contribution >= 0.6 is 11.6 Å². The minimum Gasteiger partial charge on any atom is -0.322 e. The van der Waals surface area contributed by atoms with Crippen LogP contribution in [0.5, 0.6) is 0 Å². The molecular weight excluding hydrogens is 286 g/mol. The second-order valence-corrected chi connectivity index (χ2v) is 5.51. The van der Waals surface area contributed by atoms with Crippen LogP contribution in [0.2, 0.25) is 5.02 Å². The molecule has 0 saturated carbocycles. The Morgan fingerprint density at radius 1 is 1.14 bits per heavy atom. The van der Waals surface area contributed by atoms with E-state index in [9.17, 15) is 4.79 Å². The van der Waals surface area contributed by atoms with Crippen LogP contribution in [-0.4, -0.2) is 16.8 Å². The molecule has 0 unspecified atom stereocenters. The highest BCUT2D eigenvalue weighted by molar-refractivity contribution is 6.31. The summed E-state index contributed by atoms with van der Waals surface area (Å²) in [5, 5.41) is 3.54. The first kappa shape index (κ1) is 12.4.